The second kappa shape index (κ2) is 14.9. The van der Waals surface area contributed by atoms with Crippen LogP contribution >= 0.6 is 11.8 Å². The second-order valence-electron chi connectivity index (χ2n) is 9.49. The summed E-state index contributed by atoms with van der Waals surface area (Å²) in [5.74, 6) is -0.395. The van der Waals surface area contributed by atoms with E-state index in [-0.39, 0.29) is 6.42 Å². The summed E-state index contributed by atoms with van der Waals surface area (Å²) in [6, 6.07) is -1.73. The summed E-state index contributed by atoms with van der Waals surface area (Å²) in [6.45, 7) is 10.9. The average Bonchev–Trinajstić information content (AvgIpc) is 2.66. The summed E-state index contributed by atoms with van der Waals surface area (Å²) >= 11 is 1.54. The second-order valence-corrected chi connectivity index (χ2v) is 10.5. The van der Waals surface area contributed by atoms with E-state index in [1.807, 2.05) is 6.26 Å². The van der Waals surface area contributed by atoms with Gasteiger partial charge in [0.25, 0.3) is 0 Å². The molecule has 11 heteroatoms. The standard InChI is InChI=1S/C22H41N3O7S/c1-21(2,3)31-19(28)23-13-10-9-11-15(25-20(29)32-22(4,5)6)17(26)24-16(12-14-33-8)18(27)30-7/h15-16H,9-14H2,1-8H3,(H,23,28)(H,24,26)(H,25,29). The number of alkyl carbamates (subject to hydrolysis) is 2. The van der Waals surface area contributed by atoms with Crippen LogP contribution in [0.2, 0.25) is 0 Å². The Hall–Kier alpha value is -2.17. The number of esters is 1. The first-order valence-electron chi connectivity index (χ1n) is 11.0. The molecule has 0 aromatic carbocycles. The maximum atomic E-state index is 12.9. The van der Waals surface area contributed by atoms with Gasteiger partial charge in [-0.1, -0.05) is 0 Å². The smallest absolute Gasteiger partial charge is 0.408 e. The molecule has 0 spiro atoms. The summed E-state index contributed by atoms with van der Waals surface area (Å²) in [7, 11) is 1.26. The van der Waals surface area contributed by atoms with Crippen molar-refractivity contribution in [3.05, 3.63) is 0 Å². The molecule has 0 aliphatic heterocycles. The number of ether oxygens (including phenoxy) is 3. The Balaban J connectivity index is 4.98. The molecular weight excluding hydrogens is 450 g/mol. The number of hydrogen-bond donors (Lipinski definition) is 3. The van der Waals surface area contributed by atoms with Crippen LogP contribution in [0.4, 0.5) is 9.59 Å². The summed E-state index contributed by atoms with van der Waals surface area (Å²) in [5.41, 5.74) is -1.31. The molecule has 3 N–H and O–H groups in total. The third-order valence-corrected chi connectivity index (χ3v) is 4.65. The molecule has 0 rings (SSSR count). The van der Waals surface area contributed by atoms with Gasteiger partial charge in [0.15, 0.2) is 0 Å². The Kier molecular flexibility index (Phi) is 13.9. The van der Waals surface area contributed by atoms with Crippen LogP contribution in [-0.4, -0.2) is 73.0 Å². The maximum Gasteiger partial charge on any atom is 0.408 e. The Morgan fingerprint density at radius 2 is 1.39 bits per heavy atom. The third kappa shape index (κ3) is 16.1. The third-order valence-electron chi connectivity index (χ3n) is 4.01. The van der Waals surface area contributed by atoms with E-state index in [1.54, 1.807) is 53.3 Å². The van der Waals surface area contributed by atoms with Crippen LogP contribution in [0.5, 0.6) is 0 Å². The number of hydrogen-bond acceptors (Lipinski definition) is 8. The van der Waals surface area contributed by atoms with Gasteiger partial charge >= 0.3 is 18.2 Å². The van der Waals surface area contributed by atoms with Gasteiger partial charge in [0.05, 0.1) is 7.11 Å². The Bertz CT molecular complexity index is 645. The lowest BCUT2D eigenvalue weighted by Crippen LogP contribution is -2.52. The normalized spacial score (nSPS) is 13.3. The minimum atomic E-state index is -0.914. The molecule has 2 unspecified atom stereocenters. The highest BCUT2D eigenvalue weighted by atomic mass is 32.2. The van der Waals surface area contributed by atoms with Crippen LogP contribution in [0.15, 0.2) is 0 Å². The number of methoxy groups -OCH3 is 1. The van der Waals surface area contributed by atoms with Gasteiger partial charge in [0, 0.05) is 6.54 Å². The fraction of sp³-hybridized carbons (Fsp3) is 0.818. The first-order valence-corrected chi connectivity index (χ1v) is 12.4. The van der Waals surface area contributed by atoms with Crippen molar-refractivity contribution >= 4 is 35.8 Å². The molecule has 0 aliphatic carbocycles. The topological polar surface area (TPSA) is 132 Å². The van der Waals surface area contributed by atoms with Gasteiger partial charge < -0.3 is 30.2 Å². The number of carbonyl (C=O) groups is 4. The van der Waals surface area contributed by atoms with Crippen molar-refractivity contribution in [1.82, 2.24) is 16.0 Å². The van der Waals surface area contributed by atoms with Crippen molar-refractivity contribution in [2.24, 2.45) is 0 Å². The predicted octanol–water partition coefficient (Wildman–Crippen LogP) is 2.99. The summed E-state index contributed by atoms with van der Waals surface area (Å²) in [5, 5.41) is 7.90. The Morgan fingerprint density at radius 1 is 0.818 bits per heavy atom. The van der Waals surface area contributed by atoms with Crippen LogP contribution in [0, 0.1) is 0 Å². The van der Waals surface area contributed by atoms with Gasteiger partial charge in [-0.2, -0.15) is 11.8 Å². The maximum absolute atomic E-state index is 12.9. The van der Waals surface area contributed by atoms with Crippen molar-refractivity contribution in [2.75, 3.05) is 25.7 Å². The van der Waals surface area contributed by atoms with Crippen molar-refractivity contribution in [2.45, 2.75) is 90.5 Å². The van der Waals surface area contributed by atoms with Gasteiger partial charge in [-0.05, 0) is 79.2 Å². The molecule has 0 radical (unpaired) electrons. The molecule has 0 heterocycles. The summed E-state index contributed by atoms with van der Waals surface area (Å²) < 4.78 is 15.2. The molecule has 0 saturated heterocycles. The molecule has 0 aliphatic rings. The number of carbonyl (C=O) groups excluding carboxylic acids is 4. The zero-order valence-corrected chi connectivity index (χ0v) is 22.0. The largest absolute Gasteiger partial charge is 0.467 e. The van der Waals surface area contributed by atoms with Gasteiger partial charge in [-0.15, -0.1) is 0 Å². The van der Waals surface area contributed by atoms with Crippen molar-refractivity contribution < 1.29 is 33.4 Å². The van der Waals surface area contributed by atoms with Crippen LogP contribution in [0.25, 0.3) is 0 Å². The van der Waals surface area contributed by atoms with E-state index < -0.39 is 47.3 Å². The molecular formula is C22H41N3O7S. The first-order chi connectivity index (χ1) is 15.2. The number of amides is 3. The van der Waals surface area contributed by atoms with E-state index in [0.29, 0.717) is 31.6 Å². The summed E-state index contributed by atoms with van der Waals surface area (Å²) in [6.07, 6.45) is 2.43. The molecule has 0 aromatic heterocycles. The van der Waals surface area contributed by atoms with Crippen molar-refractivity contribution in [3.63, 3.8) is 0 Å². The highest BCUT2D eigenvalue weighted by Crippen LogP contribution is 2.10. The van der Waals surface area contributed by atoms with Crippen LogP contribution < -0.4 is 16.0 Å². The van der Waals surface area contributed by atoms with E-state index in [1.165, 1.54) is 7.11 Å². The quantitative estimate of drug-likeness (QED) is 0.216. The van der Waals surface area contributed by atoms with E-state index >= 15 is 0 Å². The highest BCUT2D eigenvalue weighted by Gasteiger charge is 2.28. The minimum Gasteiger partial charge on any atom is -0.467 e. The van der Waals surface area contributed by atoms with Gasteiger partial charge in [0.1, 0.15) is 23.3 Å². The number of unbranched alkanes of at least 4 members (excludes halogenated alkanes) is 1. The number of rotatable bonds is 12. The Morgan fingerprint density at radius 3 is 1.91 bits per heavy atom. The molecule has 0 fully saturated rings. The van der Waals surface area contributed by atoms with E-state index in [9.17, 15) is 19.2 Å². The number of thioether (sulfide) groups is 1. The molecule has 192 valence electrons. The summed E-state index contributed by atoms with van der Waals surface area (Å²) in [4.78, 5) is 48.9. The zero-order chi connectivity index (χ0) is 25.7. The zero-order valence-electron chi connectivity index (χ0n) is 21.2. The molecule has 0 saturated carbocycles. The molecule has 3 amide bonds. The van der Waals surface area contributed by atoms with Crippen LogP contribution in [-0.2, 0) is 23.8 Å². The molecule has 33 heavy (non-hydrogen) atoms. The van der Waals surface area contributed by atoms with E-state index in [4.69, 9.17) is 14.2 Å². The molecule has 0 aromatic rings. The van der Waals surface area contributed by atoms with Gasteiger partial charge in [-0.25, -0.2) is 14.4 Å². The Labute approximate surface area is 201 Å². The highest BCUT2D eigenvalue weighted by molar-refractivity contribution is 7.98. The van der Waals surface area contributed by atoms with Crippen LogP contribution in [0.3, 0.4) is 0 Å². The lowest BCUT2D eigenvalue weighted by atomic mass is 10.1. The predicted molar refractivity (Wildman–Crippen MR) is 128 cm³/mol. The van der Waals surface area contributed by atoms with Gasteiger partial charge in [0.2, 0.25) is 5.91 Å². The number of nitrogens with one attached hydrogen (secondary N) is 3. The monoisotopic (exact) mass is 491 g/mol. The lowest BCUT2D eigenvalue weighted by molar-refractivity contribution is -0.145. The van der Waals surface area contributed by atoms with Crippen molar-refractivity contribution in [1.29, 1.82) is 0 Å². The molecule has 2 atom stereocenters. The lowest BCUT2D eigenvalue weighted by Gasteiger charge is -2.25. The SMILES string of the molecule is COC(=O)C(CCSC)NC(=O)C(CCCCNC(=O)OC(C)(C)C)NC(=O)OC(C)(C)C. The fourth-order valence-corrected chi connectivity index (χ4v) is 3.07. The van der Waals surface area contributed by atoms with E-state index in [2.05, 4.69) is 16.0 Å². The fourth-order valence-electron chi connectivity index (χ4n) is 2.60. The van der Waals surface area contributed by atoms with Crippen molar-refractivity contribution in [3.8, 4) is 0 Å². The first kappa shape index (κ1) is 30.8. The average molecular weight is 492 g/mol. The minimum absolute atomic E-state index is 0.289. The van der Waals surface area contributed by atoms with Crippen LogP contribution in [0.1, 0.15) is 67.2 Å². The van der Waals surface area contributed by atoms with E-state index in [0.717, 1.165) is 0 Å². The van der Waals surface area contributed by atoms with Gasteiger partial charge in [-0.3, -0.25) is 4.79 Å². The molecule has 10 nitrogen and oxygen atoms in total. The molecule has 0 bridgehead atoms.